The Kier molecular flexibility index (Phi) is 8.36. The Hall–Kier alpha value is -2.59. The van der Waals surface area contributed by atoms with Crippen LogP contribution in [0.4, 0.5) is 5.69 Å². The van der Waals surface area contributed by atoms with Crippen molar-refractivity contribution in [2.75, 3.05) is 38.6 Å². The Morgan fingerprint density at radius 2 is 1.91 bits per heavy atom. The molecule has 1 heterocycles. The number of nitrogens with zero attached hydrogens (tertiary/aromatic N) is 2. The predicted octanol–water partition coefficient (Wildman–Crippen LogP) is 3.79. The first-order valence-corrected chi connectivity index (χ1v) is 12.3. The molecule has 2 N–H and O–H groups in total. The Bertz CT molecular complexity index is 1250. The number of aromatic nitrogens is 1. The van der Waals surface area contributed by atoms with E-state index >= 15 is 0 Å². The lowest BCUT2D eigenvalue weighted by Crippen LogP contribution is -2.41. The van der Waals surface area contributed by atoms with Crippen LogP contribution in [0.2, 0.25) is 10.0 Å². The van der Waals surface area contributed by atoms with Crippen LogP contribution in [0.3, 0.4) is 0 Å². The molecule has 2 aromatic carbocycles. The number of halogens is 2. The monoisotopic (exact) mass is 510 g/mol. The lowest BCUT2D eigenvalue weighted by atomic mass is 10.2. The minimum Gasteiger partial charge on any atom is -0.495 e. The van der Waals surface area contributed by atoms with Crippen LogP contribution in [-0.2, 0) is 14.8 Å². The summed E-state index contributed by atoms with van der Waals surface area (Å²) in [6, 6.07) is 11.5. The summed E-state index contributed by atoms with van der Waals surface area (Å²) in [4.78, 5) is 16.7. The smallest absolute Gasteiger partial charge is 0.243 e. The van der Waals surface area contributed by atoms with Gasteiger partial charge < -0.3 is 15.4 Å². The molecule has 1 amide bonds. The quantitative estimate of drug-likeness (QED) is 0.402. The Morgan fingerprint density at radius 1 is 1.12 bits per heavy atom. The number of fused-ring (bicyclic) bond motifs is 1. The van der Waals surface area contributed by atoms with Crippen LogP contribution in [-0.4, -0.2) is 56.9 Å². The summed E-state index contributed by atoms with van der Waals surface area (Å²) in [6.07, 6.45) is 1.68. The van der Waals surface area contributed by atoms with Crippen LogP contribution in [0, 0.1) is 0 Å². The topological polar surface area (TPSA) is 101 Å². The van der Waals surface area contributed by atoms with Crippen LogP contribution in [0.15, 0.2) is 53.6 Å². The van der Waals surface area contributed by atoms with Gasteiger partial charge in [-0.1, -0.05) is 30.1 Å². The summed E-state index contributed by atoms with van der Waals surface area (Å²) in [5.41, 5.74) is 1.62. The van der Waals surface area contributed by atoms with E-state index in [0.29, 0.717) is 23.9 Å². The number of hydrogen-bond donors (Lipinski definition) is 2. The molecule has 0 aliphatic rings. The van der Waals surface area contributed by atoms with Gasteiger partial charge in [-0.15, -0.1) is 0 Å². The first-order valence-electron chi connectivity index (χ1n) is 10.1. The second kappa shape index (κ2) is 11.0. The number of anilines is 1. The van der Waals surface area contributed by atoms with Gasteiger partial charge in [-0.25, -0.2) is 8.42 Å². The number of hydrogen-bond acceptors (Lipinski definition) is 6. The molecule has 8 nitrogen and oxygen atoms in total. The van der Waals surface area contributed by atoms with Crippen LogP contribution in [0.5, 0.6) is 5.75 Å². The molecule has 11 heteroatoms. The number of rotatable bonds is 10. The van der Waals surface area contributed by atoms with Gasteiger partial charge in [0, 0.05) is 41.9 Å². The number of methoxy groups -OCH3 is 1. The number of pyridine rings is 1. The molecule has 176 valence electrons. The molecule has 0 saturated heterocycles. The average molecular weight is 511 g/mol. The number of sulfonamides is 1. The molecule has 3 rings (SSSR count). The molecule has 0 saturated carbocycles. The fraction of sp³-hybridized carbons (Fsp3) is 0.273. The van der Waals surface area contributed by atoms with Crippen molar-refractivity contribution in [1.82, 2.24) is 14.6 Å². The maximum Gasteiger partial charge on any atom is 0.243 e. The second-order valence-corrected chi connectivity index (χ2v) is 9.81. The van der Waals surface area contributed by atoms with Crippen molar-refractivity contribution < 1.29 is 17.9 Å². The van der Waals surface area contributed by atoms with E-state index in [2.05, 4.69) is 15.6 Å². The molecule has 0 aliphatic heterocycles. The zero-order valence-electron chi connectivity index (χ0n) is 18.1. The van der Waals surface area contributed by atoms with Gasteiger partial charge in [-0.3, -0.25) is 9.78 Å². The Labute approximate surface area is 202 Å². The van der Waals surface area contributed by atoms with Crippen molar-refractivity contribution in [3.63, 3.8) is 0 Å². The highest BCUT2D eigenvalue weighted by atomic mass is 35.5. The zero-order valence-corrected chi connectivity index (χ0v) is 20.5. The average Bonchev–Trinajstić information content (AvgIpc) is 2.79. The third-order valence-electron chi connectivity index (χ3n) is 4.90. The summed E-state index contributed by atoms with van der Waals surface area (Å²) < 4.78 is 32.0. The molecule has 0 spiro atoms. The minimum absolute atomic E-state index is 0.00529. The van der Waals surface area contributed by atoms with Crippen LogP contribution < -0.4 is 15.4 Å². The molecule has 0 radical (unpaired) electrons. The molecule has 0 aliphatic carbocycles. The normalized spacial score (nSPS) is 11.5. The molecular weight excluding hydrogens is 487 g/mol. The van der Waals surface area contributed by atoms with E-state index in [1.165, 1.54) is 25.3 Å². The molecule has 0 fully saturated rings. The highest BCUT2D eigenvalue weighted by Gasteiger charge is 2.26. The first kappa shape index (κ1) is 25.0. The zero-order chi connectivity index (χ0) is 24.0. The summed E-state index contributed by atoms with van der Waals surface area (Å²) in [5, 5.41) is 7.68. The van der Waals surface area contributed by atoms with E-state index in [9.17, 15) is 13.2 Å². The van der Waals surface area contributed by atoms with Gasteiger partial charge in [0.2, 0.25) is 15.9 Å². The molecule has 1 aromatic heterocycles. The first-order chi connectivity index (χ1) is 15.8. The second-order valence-electron chi connectivity index (χ2n) is 7.02. The maximum absolute atomic E-state index is 12.9. The van der Waals surface area contributed by atoms with E-state index < -0.39 is 15.9 Å². The lowest BCUT2D eigenvalue weighted by molar-refractivity contribution is -0.121. The van der Waals surface area contributed by atoms with E-state index in [4.69, 9.17) is 27.9 Å². The van der Waals surface area contributed by atoms with Crippen LogP contribution in [0.1, 0.15) is 6.92 Å². The number of carbonyl (C=O) groups is 1. The number of likely N-dealkylation sites (N-methyl/N-ethyl adjacent to an activating group) is 1. The predicted molar refractivity (Wildman–Crippen MR) is 131 cm³/mol. The summed E-state index contributed by atoms with van der Waals surface area (Å²) in [7, 11) is -2.45. The maximum atomic E-state index is 12.9. The van der Waals surface area contributed by atoms with Crippen LogP contribution in [0.25, 0.3) is 10.9 Å². The van der Waals surface area contributed by atoms with Crippen molar-refractivity contribution in [1.29, 1.82) is 0 Å². The van der Waals surface area contributed by atoms with Crippen molar-refractivity contribution in [2.24, 2.45) is 0 Å². The molecule has 0 bridgehead atoms. The SMILES string of the molecule is CCN(CC(=O)NCCNc1ccnc2cc(Cl)ccc12)S(=O)(=O)c1ccc(OC)c(Cl)c1. The molecule has 33 heavy (non-hydrogen) atoms. The lowest BCUT2D eigenvalue weighted by Gasteiger charge is -2.20. The molecule has 0 unspecified atom stereocenters. The van der Waals surface area contributed by atoms with E-state index in [1.807, 2.05) is 12.1 Å². The summed E-state index contributed by atoms with van der Waals surface area (Å²) >= 11 is 12.1. The highest BCUT2D eigenvalue weighted by Crippen LogP contribution is 2.28. The Morgan fingerprint density at radius 3 is 2.61 bits per heavy atom. The fourth-order valence-electron chi connectivity index (χ4n) is 3.21. The number of carbonyl (C=O) groups excluding carboxylic acids is 1. The largest absolute Gasteiger partial charge is 0.495 e. The van der Waals surface area contributed by atoms with Gasteiger partial charge in [0.1, 0.15) is 5.75 Å². The van der Waals surface area contributed by atoms with Gasteiger partial charge in [0.05, 0.1) is 29.1 Å². The summed E-state index contributed by atoms with van der Waals surface area (Å²) in [5.74, 6) is -0.0396. The van der Waals surface area contributed by atoms with Crippen LogP contribution >= 0.6 is 23.2 Å². The summed E-state index contributed by atoms with van der Waals surface area (Å²) in [6.45, 7) is 2.24. The number of amides is 1. The number of nitrogens with one attached hydrogen (secondary N) is 2. The van der Waals surface area contributed by atoms with Crippen molar-refractivity contribution in [3.05, 3.63) is 58.7 Å². The van der Waals surface area contributed by atoms with E-state index in [-0.39, 0.29) is 23.0 Å². The third kappa shape index (κ3) is 6.05. The van der Waals surface area contributed by atoms with Gasteiger partial charge >= 0.3 is 0 Å². The molecule has 3 aromatic rings. The van der Waals surface area contributed by atoms with Gasteiger partial charge in [0.15, 0.2) is 0 Å². The van der Waals surface area contributed by atoms with Crippen molar-refractivity contribution in [2.45, 2.75) is 11.8 Å². The minimum atomic E-state index is -3.90. The van der Waals surface area contributed by atoms with Gasteiger partial charge in [0.25, 0.3) is 0 Å². The highest BCUT2D eigenvalue weighted by molar-refractivity contribution is 7.89. The number of ether oxygens (including phenoxy) is 1. The van der Waals surface area contributed by atoms with Gasteiger partial charge in [-0.05, 0) is 42.5 Å². The molecule has 0 atom stereocenters. The fourth-order valence-corrected chi connectivity index (χ4v) is 5.13. The third-order valence-corrected chi connectivity index (χ3v) is 7.35. The van der Waals surface area contributed by atoms with Crippen molar-refractivity contribution in [3.8, 4) is 5.75 Å². The van der Waals surface area contributed by atoms with Gasteiger partial charge in [-0.2, -0.15) is 4.31 Å². The van der Waals surface area contributed by atoms with Crippen molar-refractivity contribution >= 4 is 55.7 Å². The van der Waals surface area contributed by atoms with E-state index in [1.54, 1.807) is 25.3 Å². The number of benzene rings is 2. The molecular formula is C22H24Cl2N4O4S. The van der Waals surface area contributed by atoms with E-state index in [0.717, 1.165) is 20.9 Å². The Balaban J connectivity index is 1.57. The standard InChI is InChI=1S/C22H24Cl2N4O4S/c1-3-28(33(30,31)16-5-7-21(32-2)18(24)13-16)14-22(29)27-11-10-26-19-8-9-25-20-12-15(23)4-6-17(19)20/h4-9,12-13H,3,10-11,14H2,1-2H3,(H,25,26)(H,27,29).